The van der Waals surface area contributed by atoms with Gasteiger partial charge in [0.25, 0.3) is 8.32 Å². The standard InChI is InChI=1S/C27H42OSi2/c1-22(2)26(29(7,8)9)20-23(3)21-28-30(27(4,5)6,24-16-12-10-13-17-24)25-18-14-11-15-19-25/h10-20,22-23H,21H2,1-9H3/b26-20-/t23-/m1/s1. The topological polar surface area (TPSA) is 9.23 Å². The highest BCUT2D eigenvalue weighted by molar-refractivity contribution is 6.99. The zero-order valence-corrected chi connectivity index (χ0v) is 22.6. The summed E-state index contributed by atoms with van der Waals surface area (Å²) in [5, 5.41) is 4.39. The molecule has 0 amide bonds. The molecule has 1 nitrogen and oxygen atoms in total. The molecule has 3 heteroatoms. The van der Waals surface area contributed by atoms with E-state index < -0.39 is 16.4 Å². The fraction of sp³-hybridized carbons (Fsp3) is 0.481. The SMILES string of the molecule is CC(C)/C(=C/[C@@H](C)CO[Si](c1ccccc1)(c1ccccc1)C(C)(C)C)[Si](C)(C)C. The lowest BCUT2D eigenvalue weighted by Gasteiger charge is -2.43. The molecule has 2 aromatic rings. The van der Waals surface area contributed by atoms with Gasteiger partial charge in [0.1, 0.15) is 0 Å². The molecule has 30 heavy (non-hydrogen) atoms. The molecule has 2 aromatic carbocycles. The van der Waals surface area contributed by atoms with E-state index in [1.54, 1.807) is 5.20 Å². The Bertz CT molecular complexity index is 772. The summed E-state index contributed by atoms with van der Waals surface area (Å²) in [6.45, 7) is 22.1. The van der Waals surface area contributed by atoms with Crippen molar-refractivity contribution in [3.8, 4) is 0 Å². The lowest BCUT2D eigenvalue weighted by atomic mass is 10.1. The average molecular weight is 439 g/mol. The minimum atomic E-state index is -2.45. The molecule has 0 aromatic heterocycles. The van der Waals surface area contributed by atoms with Gasteiger partial charge in [-0.1, -0.05) is 133 Å². The molecule has 1 atom stereocenters. The van der Waals surface area contributed by atoms with Gasteiger partial charge in [0.15, 0.2) is 0 Å². The molecule has 0 saturated heterocycles. The van der Waals surface area contributed by atoms with Crippen LogP contribution in [-0.4, -0.2) is 23.0 Å². The summed E-state index contributed by atoms with van der Waals surface area (Å²) in [5.74, 6) is 1.00. The van der Waals surface area contributed by atoms with E-state index in [-0.39, 0.29) is 5.04 Å². The maximum atomic E-state index is 7.13. The maximum absolute atomic E-state index is 7.13. The third-order valence-electron chi connectivity index (χ3n) is 5.93. The summed E-state index contributed by atoms with van der Waals surface area (Å²) in [5.41, 5.74) is 0. The number of allylic oxidation sites excluding steroid dienone is 1. The van der Waals surface area contributed by atoms with E-state index in [1.807, 2.05) is 0 Å². The second kappa shape index (κ2) is 9.80. The Hall–Kier alpha value is -1.43. The first-order chi connectivity index (χ1) is 13.9. The van der Waals surface area contributed by atoms with Gasteiger partial charge >= 0.3 is 0 Å². The Balaban J connectivity index is 2.49. The summed E-state index contributed by atoms with van der Waals surface area (Å²) >= 11 is 0. The van der Waals surface area contributed by atoms with Crippen LogP contribution in [0.5, 0.6) is 0 Å². The number of hydrogen-bond acceptors (Lipinski definition) is 1. The molecule has 2 rings (SSSR count). The van der Waals surface area contributed by atoms with Gasteiger partial charge in [0.2, 0.25) is 0 Å². The third kappa shape index (κ3) is 5.63. The van der Waals surface area contributed by atoms with E-state index in [4.69, 9.17) is 4.43 Å². The summed E-state index contributed by atoms with van der Waals surface area (Å²) in [6, 6.07) is 21.9. The molecule has 0 aliphatic heterocycles. The highest BCUT2D eigenvalue weighted by atomic mass is 28.4. The van der Waals surface area contributed by atoms with Gasteiger partial charge in [0.05, 0.1) is 8.07 Å². The molecule has 0 aliphatic rings. The molecule has 0 saturated carbocycles. The highest BCUT2D eigenvalue weighted by Crippen LogP contribution is 2.37. The van der Waals surface area contributed by atoms with Crippen LogP contribution in [0.1, 0.15) is 41.5 Å². The predicted octanol–water partition coefficient (Wildman–Crippen LogP) is 6.66. The Kier molecular flexibility index (Phi) is 8.11. The quantitative estimate of drug-likeness (QED) is 0.419. The Labute approximate surface area is 187 Å². The van der Waals surface area contributed by atoms with E-state index >= 15 is 0 Å². The smallest absolute Gasteiger partial charge is 0.261 e. The second-order valence-corrected chi connectivity index (χ2v) is 20.4. The molecule has 0 spiro atoms. The Morgan fingerprint density at radius 2 is 1.27 bits per heavy atom. The molecule has 0 bridgehead atoms. The first-order valence-electron chi connectivity index (χ1n) is 11.4. The minimum absolute atomic E-state index is 0.0266. The zero-order chi connectivity index (χ0) is 22.6. The van der Waals surface area contributed by atoms with E-state index in [9.17, 15) is 0 Å². The van der Waals surface area contributed by atoms with Crippen LogP contribution < -0.4 is 10.4 Å². The molecule has 0 heterocycles. The third-order valence-corrected chi connectivity index (χ3v) is 13.4. The van der Waals surface area contributed by atoms with Crippen LogP contribution in [0.15, 0.2) is 71.9 Å². The lowest BCUT2D eigenvalue weighted by molar-refractivity contribution is 0.267. The van der Waals surface area contributed by atoms with E-state index in [0.29, 0.717) is 11.8 Å². The molecular formula is C27H42OSi2. The first kappa shape index (κ1) is 24.8. The van der Waals surface area contributed by atoms with Crippen molar-refractivity contribution in [1.29, 1.82) is 0 Å². The van der Waals surface area contributed by atoms with E-state index in [0.717, 1.165) is 6.61 Å². The summed E-state index contributed by atoms with van der Waals surface area (Å²) in [6.07, 6.45) is 2.52. The van der Waals surface area contributed by atoms with Gasteiger partial charge in [-0.05, 0) is 27.2 Å². The van der Waals surface area contributed by atoms with E-state index in [2.05, 4.69) is 128 Å². The van der Waals surface area contributed by atoms with Crippen LogP contribution in [0.3, 0.4) is 0 Å². The number of rotatable bonds is 8. The summed E-state index contributed by atoms with van der Waals surface area (Å²) in [4.78, 5) is 0. The maximum Gasteiger partial charge on any atom is 0.261 e. The van der Waals surface area contributed by atoms with Gasteiger partial charge < -0.3 is 4.43 Å². The molecule has 0 radical (unpaired) electrons. The first-order valence-corrected chi connectivity index (χ1v) is 16.8. The van der Waals surface area contributed by atoms with Gasteiger partial charge in [-0.25, -0.2) is 0 Å². The van der Waals surface area contributed by atoms with Crippen molar-refractivity contribution in [1.82, 2.24) is 0 Å². The summed E-state index contributed by atoms with van der Waals surface area (Å²) < 4.78 is 7.13. The molecule has 0 N–H and O–H groups in total. The van der Waals surface area contributed by atoms with Crippen LogP contribution >= 0.6 is 0 Å². The van der Waals surface area contributed by atoms with Crippen LogP contribution in [0.25, 0.3) is 0 Å². The van der Waals surface area contributed by atoms with Crippen molar-refractivity contribution < 1.29 is 4.43 Å². The van der Waals surface area contributed by atoms with Gasteiger partial charge in [-0.3, -0.25) is 0 Å². The van der Waals surface area contributed by atoms with E-state index in [1.165, 1.54) is 10.4 Å². The van der Waals surface area contributed by atoms with Crippen LogP contribution in [0, 0.1) is 11.8 Å². The van der Waals surface area contributed by atoms with Crippen molar-refractivity contribution in [3.05, 3.63) is 71.9 Å². The van der Waals surface area contributed by atoms with Crippen molar-refractivity contribution in [2.45, 2.75) is 66.2 Å². The van der Waals surface area contributed by atoms with Gasteiger partial charge in [-0.15, -0.1) is 0 Å². The van der Waals surface area contributed by atoms with Gasteiger partial charge in [-0.2, -0.15) is 0 Å². The van der Waals surface area contributed by atoms with Crippen molar-refractivity contribution >= 4 is 26.8 Å². The van der Waals surface area contributed by atoms with Crippen LogP contribution in [0.2, 0.25) is 24.7 Å². The van der Waals surface area contributed by atoms with Crippen LogP contribution in [0.4, 0.5) is 0 Å². The monoisotopic (exact) mass is 438 g/mol. The lowest BCUT2D eigenvalue weighted by Crippen LogP contribution is -2.66. The highest BCUT2D eigenvalue weighted by Gasteiger charge is 2.50. The molecule has 0 unspecified atom stereocenters. The fourth-order valence-corrected chi connectivity index (χ4v) is 11.9. The van der Waals surface area contributed by atoms with Crippen molar-refractivity contribution in [2.24, 2.45) is 11.8 Å². The second-order valence-electron chi connectivity index (χ2n) is 11.0. The normalized spacial score (nSPS) is 14.8. The molecule has 0 fully saturated rings. The minimum Gasteiger partial charge on any atom is -0.407 e. The van der Waals surface area contributed by atoms with Crippen molar-refractivity contribution in [2.75, 3.05) is 6.61 Å². The molecule has 164 valence electrons. The fourth-order valence-electron chi connectivity index (χ4n) is 4.68. The van der Waals surface area contributed by atoms with Gasteiger partial charge in [0, 0.05) is 6.61 Å². The van der Waals surface area contributed by atoms with Crippen LogP contribution in [-0.2, 0) is 4.43 Å². The Morgan fingerprint density at radius 1 is 0.833 bits per heavy atom. The zero-order valence-electron chi connectivity index (χ0n) is 20.6. The predicted molar refractivity (Wildman–Crippen MR) is 139 cm³/mol. The molecule has 0 aliphatic carbocycles. The number of hydrogen-bond donors (Lipinski definition) is 0. The number of benzene rings is 2. The average Bonchev–Trinajstić information content (AvgIpc) is 2.66. The summed E-state index contributed by atoms with van der Waals surface area (Å²) in [7, 11) is -3.79. The Morgan fingerprint density at radius 3 is 1.60 bits per heavy atom. The van der Waals surface area contributed by atoms with Crippen molar-refractivity contribution in [3.63, 3.8) is 0 Å². The largest absolute Gasteiger partial charge is 0.407 e. The molecular weight excluding hydrogens is 396 g/mol.